The van der Waals surface area contributed by atoms with Crippen LogP contribution in [0.4, 0.5) is 5.82 Å². The summed E-state index contributed by atoms with van der Waals surface area (Å²) in [7, 11) is 0. The van der Waals surface area contributed by atoms with E-state index in [2.05, 4.69) is 21.0 Å². The summed E-state index contributed by atoms with van der Waals surface area (Å²) >= 11 is 3.00. The lowest BCUT2D eigenvalue weighted by Crippen LogP contribution is -2.05. The minimum atomic E-state index is -1.20. The number of aromatic carboxylic acids is 1. The van der Waals surface area contributed by atoms with E-state index in [0.717, 1.165) is 0 Å². The van der Waals surface area contributed by atoms with Crippen molar-refractivity contribution in [3.8, 4) is 0 Å². The predicted octanol–water partition coefficient (Wildman–Crippen LogP) is 1.89. The van der Waals surface area contributed by atoms with E-state index in [1.54, 1.807) is 0 Å². The van der Waals surface area contributed by atoms with Crippen LogP contribution in [0.15, 0.2) is 27.4 Å². The van der Waals surface area contributed by atoms with Gasteiger partial charge in [0.2, 0.25) is 5.76 Å². The summed E-state index contributed by atoms with van der Waals surface area (Å²) < 4.78 is 6.29. The maximum absolute atomic E-state index is 10.8. The molecule has 0 fully saturated rings. The lowest BCUT2D eigenvalue weighted by atomic mass is 10.2. The lowest BCUT2D eigenvalue weighted by molar-refractivity contribution is -0.390. The van der Waals surface area contributed by atoms with Gasteiger partial charge < -0.3 is 19.6 Å². The maximum Gasteiger partial charge on any atom is 0.404 e. The van der Waals surface area contributed by atoms with Gasteiger partial charge in [-0.25, -0.2) is 4.79 Å². The number of nitro groups is 1. The molecule has 0 saturated heterocycles. The average molecular weight is 316 g/mol. The molecule has 0 radical (unpaired) electrons. The second-order valence-electron chi connectivity index (χ2n) is 3.34. The van der Waals surface area contributed by atoms with E-state index in [1.165, 1.54) is 23.2 Å². The number of nitrogens with zero attached hydrogens (tertiary/aromatic N) is 3. The van der Waals surface area contributed by atoms with Crippen LogP contribution in [-0.2, 0) is 6.54 Å². The third-order valence-electron chi connectivity index (χ3n) is 2.15. The molecule has 94 valence electrons. The smallest absolute Gasteiger partial charge is 0.404 e. The standard InChI is InChI=1S/C9H6BrN3O5/c10-6-4-12(11-8(6)13(16)17)3-5-1-2-18-7(5)9(14)15/h1-2,4H,3H2,(H,14,15). The van der Waals surface area contributed by atoms with Crippen molar-refractivity contribution >= 4 is 27.7 Å². The summed E-state index contributed by atoms with van der Waals surface area (Å²) in [5.41, 5.74) is 0.382. The average Bonchev–Trinajstić information content (AvgIpc) is 2.85. The molecule has 0 aliphatic heterocycles. The van der Waals surface area contributed by atoms with Crippen LogP contribution in [0.2, 0.25) is 0 Å². The zero-order valence-corrected chi connectivity index (χ0v) is 10.3. The van der Waals surface area contributed by atoms with Crippen LogP contribution in [-0.4, -0.2) is 25.8 Å². The molecule has 2 aromatic heterocycles. The molecule has 0 bridgehead atoms. The van der Waals surface area contributed by atoms with Crippen LogP contribution in [0.25, 0.3) is 0 Å². The number of carboxylic acids is 1. The number of aromatic nitrogens is 2. The van der Waals surface area contributed by atoms with Crippen LogP contribution in [0.1, 0.15) is 16.1 Å². The highest BCUT2D eigenvalue weighted by atomic mass is 79.9. The van der Waals surface area contributed by atoms with E-state index in [0.29, 0.717) is 5.56 Å². The molecule has 9 heteroatoms. The highest BCUT2D eigenvalue weighted by molar-refractivity contribution is 9.10. The van der Waals surface area contributed by atoms with Crippen molar-refractivity contribution in [1.82, 2.24) is 9.78 Å². The lowest BCUT2D eigenvalue weighted by Gasteiger charge is -1.95. The third-order valence-corrected chi connectivity index (χ3v) is 2.70. The topological polar surface area (TPSA) is 111 Å². The summed E-state index contributed by atoms with van der Waals surface area (Å²) in [6, 6.07) is 1.48. The summed E-state index contributed by atoms with van der Waals surface area (Å²) in [6.07, 6.45) is 2.64. The van der Waals surface area contributed by atoms with Gasteiger partial charge in [-0.05, 0) is 26.9 Å². The second-order valence-corrected chi connectivity index (χ2v) is 4.19. The number of furan rings is 1. The molecule has 2 heterocycles. The molecule has 18 heavy (non-hydrogen) atoms. The van der Waals surface area contributed by atoms with Crippen molar-refractivity contribution in [2.24, 2.45) is 0 Å². The SMILES string of the molecule is O=C(O)c1occc1Cn1cc(Br)c([N+](=O)[O-])n1. The van der Waals surface area contributed by atoms with E-state index in [4.69, 9.17) is 9.52 Å². The molecule has 0 unspecified atom stereocenters. The summed E-state index contributed by atoms with van der Waals surface area (Å²) in [6.45, 7) is 0.0740. The molecule has 0 aromatic carbocycles. The number of carboxylic acid groups (broad SMARTS) is 1. The Balaban J connectivity index is 2.29. The van der Waals surface area contributed by atoms with Gasteiger partial charge in [-0.15, -0.1) is 0 Å². The van der Waals surface area contributed by atoms with Gasteiger partial charge in [0.25, 0.3) is 0 Å². The van der Waals surface area contributed by atoms with Crippen LogP contribution in [0, 0.1) is 10.1 Å². The largest absolute Gasteiger partial charge is 0.475 e. The van der Waals surface area contributed by atoms with Crippen molar-refractivity contribution in [3.05, 3.63) is 44.4 Å². The molecule has 1 N–H and O–H groups in total. The van der Waals surface area contributed by atoms with Crippen molar-refractivity contribution in [2.45, 2.75) is 6.54 Å². The highest BCUT2D eigenvalue weighted by Gasteiger charge is 2.21. The number of hydrogen-bond acceptors (Lipinski definition) is 5. The molecular formula is C9H6BrN3O5. The van der Waals surface area contributed by atoms with Crippen LogP contribution in [0.5, 0.6) is 0 Å². The van der Waals surface area contributed by atoms with Gasteiger partial charge >= 0.3 is 11.8 Å². The van der Waals surface area contributed by atoms with Gasteiger partial charge in [0.05, 0.1) is 24.1 Å². The van der Waals surface area contributed by atoms with Crippen molar-refractivity contribution in [2.75, 3.05) is 0 Å². The summed E-state index contributed by atoms with van der Waals surface area (Å²) in [5.74, 6) is -1.73. The first-order chi connectivity index (χ1) is 8.49. The molecular weight excluding hydrogens is 310 g/mol. The Labute approximate surface area is 108 Å². The van der Waals surface area contributed by atoms with Crippen molar-refractivity contribution in [3.63, 3.8) is 0 Å². The number of carbonyl (C=O) groups is 1. The van der Waals surface area contributed by atoms with E-state index in [-0.39, 0.29) is 22.6 Å². The first kappa shape index (κ1) is 12.3. The Morgan fingerprint density at radius 1 is 1.67 bits per heavy atom. The molecule has 0 aliphatic carbocycles. The molecule has 0 aliphatic rings. The molecule has 2 aromatic rings. The van der Waals surface area contributed by atoms with Gasteiger partial charge in [0.1, 0.15) is 4.47 Å². The number of hydrogen-bond donors (Lipinski definition) is 1. The summed E-state index contributed by atoms with van der Waals surface area (Å²) in [4.78, 5) is 20.8. The Kier molecular flexibility index (Phi) is 3.15. The van der Waals surface area contributed by atoms with E-state index >= 15 is 0 Å². The van der Waals surface area contributed by atoms with Crippen LogP contribution >= 0.6 is 15.9 Å². The van der Waals surface area contributed by atoms with Gasteiger partial charge in [-0.3, -0.25) is 0 Å². The van der Waals surface area contributed by atoms with Crippen molar-refractivity contribution < 1.29 is 19.2 Å². The molecule has 0 amide bonds. The van der Waals surface area contributed by atoms with Gasteiger partial charge in [-0.2, -0.15) is 4.68 Å². The Morgan fingerprint density at radius 3 is 2.94 bits per heavy atom. The molecule has 8 nitrogen and oxygen atoms in total. The van der Waals surface area contributed by atoms with E-state index in [1.807, 2.05) is 0 Å². The summed E-state index contributed by atoms with van der Waals surface area (Å²) in [5, 5.41) is 23.2. The fourth-order valence-electron chi connectivity index (χ4n) is 1.41. The van der Waals surface area contributed by atoms with Gasteiger partial charge in [-0.1, -0.05) is 0 Å². The Bertz CT molecular complexity index is 618. The minimum Gasteiger partial charge on any atom is -0.475 e. The monoisotopic (exact) mass is 315 g/mol. The second kappa shape index (κ2) is 4.61. The number of halogens is 1. The zero-order valence-electron chi connectivity index (χ0n) is 8.74. The molecule has 0 spiro atoms. The van der Waals surface area contributed by atoms with Crippen LogP contribution in [0.3, 0.4) is 0 Å². The van der Waals surface area contributed by atoms with Gasteiger partial charge in [0, 0.05) is 5.56 Å². The van der Waals surface area contributed by atoms with Gasteiger partial charge in [0.15, 0.2) is 0 Å². The quantitative estimate of drug-likeness (QED) is 0.681. The van der Waals surface area contributed by atoms with E-state index in [9.17, 15) is 14.9 Å². The molecule has 0 atom stereocenters. The normalized spacial score (nSPS) is 10.5. The maximum atomic E-state index is 10.8. The van der Waals surface area contributed by atoms with E-state index < -0.39 is 10.9 Å². The zero-order chi connectivity index (χ0) is 13.3. The first-order valence-corrected chi connectivity index (χ1v) is 5.45. The third kappa shape index (κ3) is 2.25. The Hall–Kier alpha value is -2.16. The minimum absolute atomic E-state index is 0.0740. The first-order valence-electron chi connectivity index (χ1n) is 4.66. The molecule has 0 saturated carbocycles. The molecule has 2 rings (SSSR count). The Morgan fingerprint density at radius 2 is 2.39 bits per heavy atom. The predicted molar refractivity (Wildman–Crippen MR) is 61.4 cm³/mol. The fourth-order valence-corrected chi connectivity index (χ4v) is 1.87. The van der Waals surface area contributed by atoms with Crippen LogP contribution < -0.4 is 0 Å². The number of rotatable bonds is 4. The highest BCUT2D eigenvalue weighted by Crippen LogP contribution is 2.23. The van der Waals surface area contributed by atoms with Crippen molar-refractivity contribution in [1.29, 1.82) is 0 Å². The fraction of sp³-hybridized carbons (Fsp3) is 0.111.